The molecule has 0 unspecified atom stereocenters. The Morgan fingerprint density at radius 3 is 1.88 bits per heavy atom. The van der Waals surface area contributed by atoms with Crippen LogP contribution in [0.2, 0.25) is 0 Å². The molecule has 3 aromatic rings. The average Bonchev–Trinajstić information content (AvgIpc) is 2.63. The van der Waals surface area contributed by atoms with Gasteiger partial charge in [-0.15, -0.1) is 0 Å². The summed E-state index contributed by atoms with van der Waals surface area (Å²) in [5, 5.41) is 2.96. The minimum Gasteiger partial charge on any atom is -0.324 e. The molecule has 0 bridgehead atoms. The zero-order chi connectivity index (χ0) is 17.4. The molecule has 3 nitrogen and oxygen atoms in total. The lowest BCUT2D eigenvalue weighted by molar-refractivity contribution is -0.119. The number of nitrogens with one attached hydrogen (secondary N) is 1. The summed E-state index contributed by atoms with van der Waals surface area (Å²) < 4.78 is 0. The van der Waals surface area contributed by atoms with Crippen molar-refractivity contribution in [1.29, 1.82) is 0 Å². The number of ketones is 1. The molecule has 1 N–H and O–H groups in total. The highest BCUT2D eigenvalue weighted by Crippen LogP contribution is 2.42. The fraction of sp³-hybridized carbons (Fsp3) is 0.0909. The van der Waals surface area contributed by atoms with Gasteiger partial charge in [-0.05, 0) is 35.7 Å². The number of carbonyl (C=O) groups excluding carboxylic acids is 2. The fourth-order valence-electron chi connectivity index (χ4n) is 3.55. The van der Waals surface area contributed by atoms with Crippen LogP contribution in [0, 0.1) is 6.92 Å². The van der Waals surface area contributed by atoms with Gasteiger partial charge < -0.3 is 5.32 Å². The number of Topliss-reactive ketones (excluding diaryl/α,β-unsaturated/α-hetero) is 1. The summed E-state index contributed by atoms with van der Waals surface area (Å²) in [7, 11) is 0. The van der Waals surface area contributed by atoms with Crippen molar-refractivity contribution in [2.45, 2.75) is 12.3 Å². The van der Waals surface area contributed by atoms with Crippen LogP contribution in [0.15, 0.2) is 78.9 Å². The molecule has 0 aliphatic carbocycles. The zero-order valence-electron chi connectivity index (χ0n) is 13.8. The molecule has 1 aliphatic heterocycles. The Bertz CT molecular complexity index is 922. The van der Waals surface area contributed by atoms with E-state index in [9.17, 15) is 9.59 Å². The molecule has 122 valence electrons. The number of fused-ring (bicyclic) bond motifs is 1. The summed E-state index contributed by atoms with van der Waals surface area (Å²) in [5.41, 5.74) is 2.10. The average molecular weight is 327 g/mol. The van der Waals surface area contributed by atoms with Gasteiger partial charge in [-0.25, -0.2) is 0 Å². The molecule has 0 atom stereocenters. The van der Waals surface area contributed by atoms with Crippen molar-refractivity contribution in [1.82, 2.24) is 0 Å². The first-order valence-corrected chi connectivity index (χ1v) is 8.22. The maximum atomic E-state index is 13.6. The molecule has 1 aliphatic rings. The van der Waals surface area contributed by atoms with Gasteiger partial charge >= 0.3 is 0 Å². The van der Waals surface area contributed by atoms with Crippen LogP contribution in [-0.4, -0.2) is 11.7 Å². The topological polar surface area (TPSA) is 46.2 Å². The van der Waals surface area contributed by atoms with Crippen molar-refractivity contribution in [3.8, 4) is 0 Å². The molecule has 1 heterocycles. The van der Waals surface area contributed by atoms with E-state index in [2.05, 4.69) is 5.32 Å². The first-order chi connectivity index (χ1) is 12.1. The monoisotopic (exact) mass is 327 g/mol. The Labute approximate surface area is 146 Å². The first kappa shape index (κ1) is 15.3. The highest BCUT2D eigenvalue weighted by atomic mass is 16.2. The highest BCUT2D eigenvalue weighted by molar-refractivity contribution is 6.30. The number of aryl methyl sites for hydroxylation is 1. The molecule has 0 fully saturated rings. The third-order valence-electron chi connectivity index (χ3n) is 4.76. The van der Waals surface area contributed by atoms with E-state index in [1.165, 1.54) is 0 Å². The molecule has 0 radical (unpaired) electrons. The lowest BCUT2D eigenvalue weighted by atomic mass is 9.67. The molecular weight excluding hydrogens is 310 g/mol. The Balaban J connectivity index is 2.04. The SMILES string of the molecule is Cc1ccc2c(c1)NC(=O)C(c1ccccc1)(c1ccccc1)C2=O. The van der Waals surface area contributed by atoms with Crippen LogP contribution in [0.1, 0.15) is 27.0 Å². The Kier molecular flexibility index (Phi) is 3.50. The molecule has 0 saturated heterocycles. The van der Waals surface area contributed by atoms with Crippen LogP contribution in [0.25, 0.3) is 0 Å². The third-order valence-corrected chi connectivity index (χ3v) is 4.76. The van der Waals surface area contributed by atoms with E-state index in [-0.39, 0.29) is 11.7 Å². The van der Waals surface area contributed by atoms with E-state index in [4.69, 9.17) is 0 Å². The van der Waals surface area contributed by atoms with Crippen LogP contribution in [0.5, 0.6) is 0 Å². The van der Waals surface area contributed by atoms with E-state index >= 15 is 0 Å². The normalized spacial score (nSPS) is 15.4. The van der Waals surface area contributed by atoms with Crippen molar-refractivity contribution < 1.29 is 9.59 Å². The predicted molar refractivity (Wildman–Crippen MR) is 97.8 cm³/mol. The summed E-state index contributed by atoms with van der Waals surface area (Å²) >= 11 is 0. The Morgan fingerprint density at radius 2 is 1.32 bits per heavy atom. The number of hydrogen-bond acceptors (Lipinski definition) is 2. The van der Waals surface area contributed by atoms with Gasteiger partial charge in [0.1, 0.15) is 0 Å². The van der Waals surface area contributed by atoms with Crippen molar-refractivity contribution in [3.63, 3.8) is 0 Å². The van der Waals surface area contributed by atoms with Gasteiger partial charge in [-0.3, -0.25) is 9.59 Å². The lowest BCUT2D eigenvalue weighted by Crippen LogP contribution is -2.51. The van der Waals surface area contributed by atoms with Crippen LogP contribution in [0.3, 0.4) is 0 Å². The molecular formula is C22H17NO2. The van der Waals surface area contributed by atoms with E-state index in [1.807, 2.05) is 79.7 Å². The largest absolute Gasteiger partial charge is 0.324 e. The number of anilines is 1. The Hall–Kier alpha value is -3.20. The van der Waals surface area contributed by atoms with Gasteiger partial charge in [0.25, 0.3) is 0 Å². The van der Waals surface area contributed by atoms with Crippen molar-refractivity contribution >= 4 is 17.4 Å². The second-order valence-corrected chi connectivity index (χ2v) is 6.31. The molecule has 4 rings (SSSR count). The number of carbonyl (C=O) groups is 2. The van der Waals surface area contributed by atoms with Crippen LogP contribution < -0.4 is 5.32 Å². The highest BCUT2D eigenvalue weighted by Gasteiger charge is 2.52. The summed E-state index contributed by atoms with van der Waals surface area (Å²) in [5.74, 6) is -0.503. The van der Waals surface area contributed by atoms with Crippen LogP contribution in [-0.2, 0) is 10.2 Å². The van der Waals surface area contributed by atoms with Gasteiger partial charge in [-0.1, -0.05) is 66.7 Å². The van der Waals surface area contributed by atoms with Gasteiger partial charge in [-0.2, -0.15) is 0 Å². The van der Waals surface area contributed by atoms with Crippen LogP contribution in [0.4, 0.5) is 5.69 Å². The number of amides is 1. The third kappa shape index (κ3) is 2.20. The van der Waals surface area contributed by atoms with Crippen LogP contribution >= 0.6 is 0 Å². The first-order valence-electron chi connectivity index (χ1n) is 8.22. The van der Waals surface area contributed by atoms with Crippen molar-refractivity contribution in [2.75, 3.05) is 5.32 Å². The van der Waals surface area contributed by atoms with Gasteiger partial charge in [0.05, 0.1) is 5.69 Å². The summed E-state index contributed by atoms with van der Waals surface area (Å²) in [6.07, 6.45) is 0. The molecule has 0 saturated carbocycles. The van der Waals surface area contributed by atoms with Gasteiger partial charge in [0, 0.05) is 5.56 Å². The second-order valence-electron chi connectivity index (χ2n) is 6.31. The predicted octanol–water partition coefficient (Wildman–Crippen LogP) is 4.12. The molecule has 25 heavy (non-hydrogen) atoms. The Morgan fingerprint density at radius 1 is 0.760 bits per heavy atom. The van der Waals surface area contributed by atoms with E-state index in [1.54, 1.807) is 6.07 Å². The number of benzene rings is 3. The number of hydrogen-bond donors (Lipinski definition) is 1. The molecule has 3 heteroatoms. The number of rotatable bonds is 2. The molecule has 3 aromatic carbocycles. The van der Waals surface area contributed by atoms with Gasteiger partial charge in [0.15, 0.2) is 11.2 Å². The summed E-state index contributed by atoms with van der Waals surface area (Å²) in [6, 6.07) is 24.1. The fourth-order valence-corrected chi connectivity index (χ4v) is 3.55. The van der Waals surface area contributed by atoms with Crippen molar-refractivity contribution in [3.05, 3.63) is 101 Å². The summed E-state index contributed by atoms with van der Waals surface area (Å²) in [4.78, 5) is 26.9. The minimum absolute atomic E-state index is 0.191. The smallest absolute Gasteiger partial charge is 0.247 e. The van der Waals surface area contributed by atoms with E-state index in [0.29, 0.717) is 22.4 Å². The maximum Gasteiger partial charge on any atom is 0.247 e. The second kappa shape index (κ2) is 5.71. The van der Waals surface area contributed by atoms with Gasteiger partial charge in [0.2, 0.25) is 5.91 Å². The molecule has 0 aromatic heterocycles. The quantitative estimate of drug-likeness (QED) is 0.720. The minimum atomic E-state index is -1.37. The standard InChI is InChI=1S/C22H17NO2/c1-15-12-13-18-19(14-15)23-21(25)22(20(18)24,16-8-4-2-5-9-16)17-10-6-3-7-11-17/h2-14H,1H3,(H,23,25). The molecule has 1 amide bonds. The summed E-state index contributed by atoms with van der Waals surface area (Å²) in [6.45, 7) is 1.94. The molecule has 0 spiro atoms. The van der Waals surface area contributed by atoms with E-state index < -0.39 is 5.41 Å². The maximum absolute atomic E-state index is 13.6. The van der Waals surface area contributed by atoms with E-state index in [0.717, 1.165) is 5.56 Å². The zero-order valence-corrected chi connectivity index (χ0v) is 13.8. The van der Waals surface area contributed by atoms with Crippen molar-refractivity contribution in [2.24, 2.45) is 0 Å². The lowest BCUT2D eigenvalue weighted by Gasteiger charge is -2.36.